The third-order valence-corrected chi connectivity index (χ3v) is 4.11. The van der Waals surface area contributed by atoms with Crippen LogP contribution in [0, 0.1) is 5.92 Å². The molecule has 0 aliphatic heterocycles. The maximum absolute atomic E-state index is 12.7. The first-order valence-electron chi connectivity index (χ1n) is 6.75. The molecule has 0 bridgehead atoms. The molecule has 106 valence electrons. The second-order valence-corrected chi connectivity index (χ2v) is 4.95. The standard InChI is InChI=1S/C15H22N2O.ClH/c1-3-17(4-2)14(18)15(10-13(15)11-16)12-8-6-5-7-9-12;/h5-9,13H,3-4,10-11,16H2,1-2H3;1H/t13-,15-;/m1./s1. The molecule has 1 saturated carbocycles. The Balaban J connectivity index is 0.00000180. The summed E-state index contributed by atoms with van der Waals surface area (Å²) >= 11 is 0. The monoisotopic (exact) mass is 282 g/mol. The molecule has 1 aromatic rings. The maximum Gasteiger partial charge on any atom is 0.233 e. The van der Waals surface area contributed by atoms with Crippen LogP contribution < -0.4 is 5.73 Å². The third kappa shape index (κ3) is 2.63. The first kappa shape index (κ1) is 16.0. The fraction of sp³-hybridized carbons (Fsp3) is 0.533. The van der Waals surface area contributed by atoms with Gasteiger partial charge in [0.1, 0.15) is 0 Å². The normalized spacial score (nSPS) is 24.5. The van der Waals surface area contributed by atoms with Gasteiger partial charge in [-0.3, -0.25) is 4.79 Å². The van der Waals surface area contributed by atoms with Crippen LogP contribution in [0.15, 0.2) is 30.3 Å². The highest BCUT2D eigenvalue weighted by Crippen LogP contribution is 2.54. The summed E-state index contributed by atoms with van der Waals surface area (Å²) in [6.45, 7) is 6.17. The van der Waals surface area contributed by atoms with Crippen LogP contribution >= 0.6 is 12.4 Å². The minimum Gasteiger partial charge on any atom is -0.342 e. The molecule has 2 atom stereocenters. The number of nitrogens with two attached hydrogens (primary N) is 1. The van der Waals surface area contributed by atoms with E-state index in [0.29, 0.717) is 12.5 Å². The van der Waals surface area contributed by atoms with Crippen LogP contribution in [0.3, 0.4) is 0 Å². The molecule has 0 spiro atoms. The summed E-state index contributed by atoms with van der Waals surface area (Å²) in [5.41, 5.74) is 6.57. The Morgan fingerprint density at radius 2 is 1.89 bits per heavy atom. The van der Waals surface area contributed by atoms with E-state index in [9.17, 15) is 4.79 Å². The number of amides is 1. The smallest absolute Gasteiger partial charge is 0.233 e. The Bertz CT molecular complexity index is 419. The van der Waals surface area contributed by atoms with E-state index in [2.05, 4.69) is 12.1 Å². The van der Waals surface area contributed by atoms with Crippen molar-refractivity contribution in [3.8, 4) is 0 Å². The van der Waals surface area contributed by atoms with E-state index < -0.39 is 0 Å². The molecule has 0 radical (unpaired) electrons. The van der Waals surface area contributed by atoms with E-state index in [1.807, 2.05) is 36.9 Å². The van der Waals surface area contributed by atoms with Crippen molar-refractivity contribution >= 4 is 18.3 Å². The van der Waals surface area contributed by atoms with Gasteiger partial charge >= 0.3 is 0 Å². The number of nitrogens with zero attached hydrogens (tertiary/aromatic N) is 1. The van der Waals surface area contributed by atoms with Crippen LogP contribution in [-0.2, 0) is 10.2 Å². The number of rotatable bonds is 5. The lowest BCUT2D eigenvalue weighted by Crippen LogP contribution is -2.40. The van der Waals surface area contributed by atoms with Gasteiger partial charge in [-0.25, -0.2) is 0 Å². The van der Waals surface area contributed by atoms with Crippen molar-refractivity contribution < 1.29 is 4.79 Å². The highest BCUT2D eigenvalue weighted by atomic mass is 35.5. The zero-order valence-electron chi connectivity index (χ0n) is 11.6. The first-order chi connectivity index (χ1) is 8.70. The molecular formula is C15H23ClN2O. The van der Waals surface area contributed by atoms with Crippen LogP contribution in [0.4, 0.5) is 0 Å². The lowest BCUT2D eigenvalue weighted by molar-refractivity contribution is -0.134. The fourth-order valence-electron chi connectivity index (χ4n) is 2.88. The number of halogens is 1. The molecular weight excluding hydrogens is 260 g/mol. The van der Waals surface area contributed by atoms with Crippen molar-refractivity contribution in [2.45, 2.75) is 25.7 Å². The van der Waals surface area contributed by atoms with E-state index in [1.165, 1.54) is 0 Å². The van der Waals surface area contributed by atoms with Crippen molar-refractivity contribution in [2.75, 3.05) is 19.6 Å². The summed E-state index contributed by atoms with van der Waals surface area (Å²) < 4.78 is 0. The van der Waals surface area contributed by atoms with Crippen LogP contribution in [0.1, 0.15) is 25.8 Å². The lowest BCUT2D eigenvalue weighted by Gasteiger charge is -2.26. The van der Waals surface area contributed by atoms with Crippen molar-refractivity contribution in [1.29, 1.82) is 0 Å². The van der Waals surface area contributed by atoms with Gasteiger partial charge in [0.05, 0.1) is 5.41 Å². The van der Waals surface area contributed by atoms with Crippen molar-refractivity contribution in [3.63, 3.8) is 0 Å². The minimum absolute atomic E-state index is 0. The predicted molar refractivity (Wildman–Crippen MR) is 80.5 cm³/mol. The summed E-state index contributed by atoms with van der Waals surface area (Å²) in [7, 11) is 0. The number of carbonyl (C=O) groups is 1. The van der Waals surface area contributed by atoms with Gasteiger partial charge in [-0.2, -0.15) is 0 Å². The maximum atomic E-state index is 12.7. The zero-order chi connectivity index (χ0) is 13.2. The van der Waals surface area contributed by atoms with Gasteiger partial charge in [0.15, 0.2) is 0 Å². The van der Waals surface area contributed by atoms with Crippen LogP contribution in [-0.4, -0.2) is 30.4 Å². The Labute approximate surface area is 121 Å². The van der Waals surface area contributed by atoms with Crippen molar-refractivity contribution in [1.82, 2.24) is 4.90 Å². The second kappa shape index (κ2) is 6.40. The number of hydrogen-bond donors (Lipinski definition) is 1. The molecule has 4 heteroatoms. The molecule has 1 aromatic carbocycles. The molecule has 2 N–H and O–H groups in total. The summed E-state index contributed by atoms with van der Waals surface area (Å²) in [5, 5.41) is 0. The van der Waals surface area contributed by atoms with Crippen molar-refractivity contribution in [2.24, 2.45) is 11.7 Å². The highest BCUT2D eigenvalue weighted by Gasteiger charge is 2.61. The Hall–Kier alpha value is -1.06. The second-order valence-electron chi connectivity index (χ2n) is 4.95. The molecule has 3 nitrogen and oxygen atoms in total. The SMILES string of the molecule is CCN(CC)C(=O)[C@@]1(c2ccccc2)C[C@@H]1CN.Cl. The number of likely N-dealkylation sites (N-methyl/N-ethyl adjacent to an activating group) is 1. The Morgan fingerprint density at radius 1 is 1.32 bits per heavy atom. The molecule has 1 fully saturated rings. The highest BCUT2D eigenvalue weighted by molar-refractivity contribution is 5.92. The average molecular weight is 283 g/mol. The summed E-state index contributed by atoms with van der Waals surface area (Å²) in [6, 6.07) is 10.1. The number of benzene rings is 1. The van der Waals surface area contributed by atoms with Crippen LogP contribution in [0.5, 0.6) is 0 Å². The molecule has 1 aliphatic carbocycles. The zero-order valence-corrected chi connectivity index (χ0v) is 12.5. The van der Waals surface area contributed by atoms with E-state index in [-0.39, 0.29) is 23.7 Å². The largest absolute Gasteiger partial charge is 0.342 e. The number of carbonyl (C=O) groups excluding carboxylic acids is 1. The molecule has 2 rings (SSSR count). The van der Waals surface area contributed by atoms with Gasteiger partial charge in [0.2, 0.25) is 5.91 Å². The van der Waals surface area contributed by atoms with Crippen LogP contribution in [0.2, 0.25) is 0 Å². The fourth-order valence-corrected chi connectivity index (χ4v) is 2.88. The third-order valence-electron chi connectivity index (χ3n) is 4.11. The van der Waals surface area contributed by atoms with Gasteiger partial charge < -0.3 is 10.6 Å². The average Bonchev–Trinajstić information content (AvgIpc) is 3.17. The minimum atomic E-state index is -0.345. The lowest BCUT2D eigenvalue weighted by atomic mass is 9.91. The molecule has 0 heterocycles. The van der Waals surface area contributed by atoms with E-state index in [0.717, 1.165) is 25.1 Å². The molecule has 1 amide bonds. The van der Waals surface area contributed by atoms with Crippen molar-refractivity contribution in [3.05, 3.63) is 35.9 Å². The van der Waals surface area contributed by atoms with E-state index in [1.54, 1.807) is 0 Å². The topological polar surface area (TPSA) is 46.3 Å². The summed E-state index contributed by atoms with van der Waals surface area (Å²) in [6.07, 6.45) is 0.892. The molecule has 0 aromatic heterocycles. The van der Waals surface area contributed by atoms with Gasteiger partial charge in [-0.15, -0.1) is 12.4 Å². The number of hydrogen-bond acceptors (Lipinski definition) is 2. The Morgan fingerprint density at radius 3 is 2.32 bits per heavy atom. The molecule has 0 unspecified atom stereocenters. The summed E-state index contributed by atoms with van der Waals surface area (Å²) in [5.74, 6) is 0.544. The van der Waals surface area contributed by atoms with Crippen LogP contribution in [0.25, 0.3) is 0 Å². The van der Waals surface area contributed by atoms with Gasteiger partial charge in [0.25, 0.3) is 0 Å². The first-order valence-corrected chi connectivity index (χ1v) is 6.75. The molecule has 0 saturated heterocycles. The van der Waals surface area contributed by atoms with Gasteiger partial charge in [0, 0.05) is 13.1 Å². The molecule has 1 aliphatic rings. The van der Waals surface area contributed by atoms with E-state index >= 15 is 0 Å². The molecule has 19 heavy (non-hydrogen) atoms. The quantitative estimate of drug-likeness (QED) is 0.900. The van der Waals surface area contributed by atoms with Gasteiger partial charge in [-0.05, 0) is 38.3 Å². The predicted octanol–water partition coefficient (Wildman–Crippen LogP) is 2.19. The van der Waals surface area contributed by atoms with E-state index in [4.69, 9.17) is 5.73 Å². The Kier molecular flexibility index (Phi) is 5.39. The summed E-state index contributed by atoms with van der Waals surface area (Å²) in [4.78, 5) is 14.6. The van der Waals surface area contributed by atoms with Gasteiger partial charge in [-0.1, -0.05) is 30.3 Å².